The molecule has 1 saturated carbocycles. The molecule has 1 N–H and O–H groups in total. The summed E-state index contributed by atoms with van der Waals surface area (Å²) in [5, 5.41) is 9.22. The maximum absolute atomic E-state index is 12.7. The Kier molecular flexibility index (Phi) is 5.42. The van der Waals surface area contributed by atoms with E-state index in [-0.39, 0.29) is 11.9 Å². The van der Waals surface area contributed by atoms with Gasteiger partial charge in [0, 0.05) is 11.6 Å². The van der Waals surface area contributed by atoms with E-state index in [1.54, 1.807) is 31.2 Å². The predicted octanol–water partition coefficient (Wildman–Crippen LogP) is 3.11. The van der Waals surface area contributed by atoms with Crippen LogP contribution in [0.5, 0.6) is 5.75 Å². The second kappa shape index (κ2) is 7.31. The molecule has 1 aliphatic carbocycles. The highest BCUT2D eigenvalue weighted by molar-refractivity contribution is 5.97. The Morgan fingerprint density at radius 2 is 2.09 bits per heavy atom. The average molecular weight is 317 g/mol. The molecule has 1 aliphatic rings. The normalized spacial score (nSPS) is 14.7. The number of hydrogen-bond acceptors (Lipinski definition) is 3. The van der Waals surface area contributed by atoms with Crippen LogP contribution >= 0.6 is 0 Å². The van der Waals surface area contributed by atoms with Gasteiger partial charge >= 0.3 is 5.97 Å². The Hall–Kier alpha value is -2.30. The summed E-state index contributed by atoms with van der Waals surface area (Å²) in [7, 11) is 0. The average Bonchev–Trinajstić information content (AvgIpc) is 3.32. The first kappa shape index (κ1) is 17.1. The van der Waals surface area contributed by atoms with Crippen LogP contribution in [0.4, 0.5) is 0 Å². The summed E-state index contributed by atoms with van der Waals surface area (Å²) in [6.45, 7) is 5.97. The van der Waals surface area contributed by atoms with E-state index in [1.165, 1.54) is 4.90 Å². The molecule has 124 valence electrons. The molecule has 1 amide bonds. The highest BCUT2D eigenvalue weighted by Gasteiger charge is 2.38. The number of aliphatic carboxylic acids is 1. The van der Waals surface area contributed by atoms with E-state index in [4.69, 9.17) is 4.74 Å². The number of rotatable bonds is 7. The van der Waals surface area contributed by atoms with Crippen molar-refractivity contribution >= 4 is 11.9 Å². The summed E-state index contributed by atoms with van der Waals surface area (Å²) in [6.07, 6.45) is 3.68. The summed E-state index contributed by atoms with van der Waals surface area (Å²) in [5.41, 5.74) is 1.62. The molecule has 5 nitrogen and oxygen atoms in total. The van der Waals surface area contributed by atoms with Crippen LogP contribution < -0.4 is 4.74 Å². The van der Waals surface area contributed by atoms with Crippen molar-refractivity contribution in [2.24, 2.45) is 0 Å². The second-order valence-electron chi connectivity index (χ2n) is 6.08. The minimum absolute atomic E-state index is 0.0313. The van der Waals surface area contributed by atoms with E-state index in [9.17, 15) is 14.7 Å². The molecular weight excluding hydrogens is 294 g/mol. The van der Waals surface area contributed by atoms with Crippen LogP contribution in [0.3, 0.4) is 0 Å². The van der Waals surface area contributed by atoms with Crippen molar-refractivity contribution in [2.45, 2.75) is 45.7 Å². The van der Waals surface area contributed by atoms with Crippen LogP contribution in [0.25, 0.3) is 0 Å². The Bertz CT molecular complexity index is 615. The van der Waals surface area contributed by atoms with E-state index in [1.807, 2.05) is 19.9 Å². The number of nitrogens with zero attached hydrogens (tertiary/aromatic N) is 1. The molecule has 0 heterocycles. The lowest BCUT2D eigenvalue weighted by molar-refractivity contribution is -0.141. The van der Waals surface area contributed by atoms with Crippen LogP contribution in [-0.4, -0.2) is 40.6 Å². The zero-order valence-electron chi connectivity index (χ0n) is 13.8. The van der Waals surface area contributed by atoms with Crippen molar-refractivity contribution in [3.05, 3.63) is 41.5 Å². The lowest BCUT2D eigenvalue weighted by atomic mass is 10.1. The number of carboxylic acids is 1. The topological polar surface area (TPSA) is 66.8 Å². The molecule has 1 atom stereocenters. The van der Waals surface area contributed by atoms with E-state index in [0.29, 0.717) is 17.9 Å². The van der Waals surface area contributed by atoms with E-state index in [2.05, 4.69) is 0 Å². The van der Waals surface area contributed by atoms with Gasteiger partial charge in [-0.1, -0.05) is 11.6 Å². The highest BCUT2D eigenvalue weighted by Crippen LogP contribution is 2.30. The largest absolute Gasteiger partial charge is 0.490 e. The minimum Gasteiger partial charge on any atom is -0.490 e. The van der Waals surface area contributed by atoms with Crippen LogP contribution in [0, 0.1) is 0 Å². The van der Waals surface area contributed by atoms with E-state index >= 15 is 0 Å². The van der Waals surface area contributed by atoms with Crippen molar-refractivity contribution in [2.75, 3.05) is 6.61 Å². The van der Waals surface area contributed by atoms with Gasteiger partial charge in [-0.2, -0.15) is 0 Å². The van der Waals surface area contributed by atoms with E-state index in [0.717, 1.165) is 18.4 Å². The van der Waals surface area contributed by atoms with Crippen LogP contribution in [-0.2, 0) is 4.79 Å². The molecule has 23 heavy (non-hydrogen) atoms. The number of allylic oxidation sites excluding steroid dienone is 1. The number of benzene rings is 1. The Labute approximate surface area is 136 Å². The Morgan fingerprint density at radius 1 is 1.39 bits per heavy atom. The maximum atomic E-state index is 12.7. The molecule has 0 spiro atoms. The monoisotopic (exact) mass is 317 g/mol. The molecule has 1 unspecified atom stereocenters. The van der Waals surface area contributed by atoms with Gasteiger partial charge in [-0.05, 0) is 57.9 Å². The first-order valence-corrected chi connectivity index (χ1v) is 7.82. The summed E-state index contributed by atoms with van der Waals surface area (Å²) < 4.78 is 5.61. The Morgan fingerprint density at radius 3 is 2.65 bits per heavy atom. The molecule has 0 bridgehead atoms. The van der Waals surface area contributed by atoms with Crippen LogP contribution in [0.1, 0.15) is 44.0 Å². The summed E-state index contributed by atoms with van der Waals surface area (Å²) in [4.78, 5) is 25.4. The van der Waals surface area contributed by atoms with Crippen LogP contribution in [0.15, 0.2) is 35.9 Å². The lowest BCUT2D eigenvalue weighted by Crippen LogP contribution is -2.44. The standard InChI is InChI=1S/C18H23NO4/c1-12(2)9-10-23-16-6-4-5-14(11-16)17(20)19(15-7-8-15)13(3)18(21)22/h4-6,9,11,13,15H,7-8,10H2,1-3H3,(H,21,22). The molecule has 0 radical (unpaired) electrons. The third-order valence-electron chi connectivity index (χ3n) is 3.77. The molecule has 2 rings (SSSR count). The maximum Gasteiger partial charge on any atom is 0.326 e. The van der Waals surface area contributed by atoms with Gasteiger partial charge < -0.3 is 14.7 Å². The second-order valence-corrected chi connectivity index (χ2v) is 6.08. The first-order valence-electron chi connectivity index (χ1n) is 7.82. The molecule has 0 aromatic heterocycles. The van der Waals surface area contributed by atoms with Crippen LogP contribution in [0.2, 0.25) is 0 Å². The minimum atomic E-state index is -0.985. The van der Waals surface area contributed by atoms with Crippen molar-refractivity contribution in [1.29, 1.82) is 0 Å². The van der Waals surface area contributed by atoms with Gasteiger partial charge in [-0.25, -0.2) is 4.79 Å². The van der Waals surface area contributed by atoms with Crippen molar-refractivity contribution < 1.29 is 19.4 Å². The third kappa shape index (κ3) is 4.58. The van der Waals surface area contributed by atoms with Gasteiger partial charge in [0.2, 0.25) is 0 Å². The van der Waals surface area contributed by atoms with Gasteiger partial charge in [-0.3, -0.25) is 4.79 Å². The number of hydrogen-bond donors (Lipinski definition) is 1. The molecule has 0 saturated heterocycles. The van der Waals surface area contributed by atoms with Gasteiger partial charge in [0.15, 0.2) is 0 Å². The summed E-state index contributed by atoms with van der Waals surface area (Å²) >= 11 is 0. The molecule has 1 aromatic rings. The molecule has 1 aromatic carbocycles. The molecule has 5 heteroatoms. The molecule has 1 fully saturated rings. The third-order valence-corrected chi connectivity index (χ3v) is 3.77. The Balaban J connectivity index is 2.14. The fraction of sp³-hybridized carbons (Fsp3) is 0.444. The van der Waals surface area contributed by atoms with Crippen molar-refractivity contribution in [3.63, 3.8) is 0 Å². The number of carbonyl (C=O) groups is 2. The fourth-order valence-corrected chi connectivity index (χ4v) is 2.30. The predicted molar refractivity (Wildman–Crippen MR) is 87.7 cm³/mol. The van der Waals surface area contributed by atoms with Gasteiger partial charge in [0.25, 0.3) is 5.91 Å². The number of carboxylic acid groups (broad SMARTS) is 1. The summed E-state index contributed by atoms with van der Waals surface area (Å²) in [5.74, 6) is -0.636. The smallest absolute Gasteiger partial charge is 0.326 e. The van der Waals surface area contributed by atoms with E-state index < -0.39 is 12.0 Å². The zero-order valence-corrected chi connectivity index (χ0v) is 13.8. The lowest BCUT2D eigenvalue weighted by Gasteiger charge is -2.26. The van der Waals surface area contributed by atoms with Gasteiger partial charge in [0.1, 0.15) is 18.4 Å². The first-order chi connectivity index (χ1) is 10.9. The molecular formula is C18H23NO4. The SMILES string of the molecule is CC(C)=CCOc1cccc(C(=O)N(C2CC2)C(C)C(=O)O)c1. The van der Waals surface area contributed by atoms with Gasteiger partial charge in [0.05, 0.1) is 0 Å². The summed E-state index contributed by atoms with van der Waals surface area (Å²) in [6, 6.07) is 6.11. The van der Waals surface area contributed by atoms with Crippen molar-refractivity contribution in [1.82, 2.24) is 4.90 Å². The molecule has 0 aliphatic heterocycles. The zero-order chi connectivity index (χ0) is 17.0. The number of ether oxygens (including phenoxy) is 1. The number of amides is 1. The number of carbonyl (C=O) groups excluding carboxylic acids is 1. The quantitative estimate of drug-likeness (QED) is 0.785. The van der Waals surface area contributed by atoms with Crippen molar-refractivity contribution in [3.8, 4) is 5.75 Å². The fourth-order valence-electron chi connectivity index (χ4n) is 2.30. The van der Waals surface area contributed by atoms with Gasteiger partial charge in [-0.15, -0.1) is 0 Å². The highest BCUT2D eigenvalue weighted by atomic mass is 16.5.